The van der Waals surface area contributed by atoms with Crippen LogP contribution in [-0.2, 0) is 6.42 Å². The van der Waals surface area contributed by atoms with Crippen molar-refractivity contribution in [3.63, 3.8) is 0 Å². The molecule has 0 amide bonds. The molecule has 0 bridgehead atoms. The van der Waals surface area contributed by atoms with Gasteiger partial charge in [0.25, 0.3) is 0 Å². The van der Waals surface area contributed by atoms with Crippen molar-refractivity contribution in [2.75, 3.05) is 11.8 Å². The first kappa shape index (κ1) is 21.7. The number of hydrogen-bond donors (Lipinski definition) is 2. The van der Waals surface area contributed by atoms with Crippen LogP contribution in [-0.4, -0.2) is 17.6 Å². The Kier molecular flexibility index (Phi) is 6.89. The second-order valence-corrected chi connectivity index (χ2v) is 8.79. The predicted octanol–water partition coefficient (Wildman–Crippen LogP) is 6.20. The van der Waals surface area contributed by atoms with E-state index in [1.165, 1.54) is 7.11 Å². The fourth-order valence-corrected chi connectivity index (χ4v) is 4.27. The molecule has 1 aromatic carbocycles. The van der Waals surface area contributed by atoms with Crippen molar-refractivity contribution in [3.05, 3.63) is 58.8 Å². The minimum absolute atomic E-state index is 0.0588. The summed E-state index contributed by atoms with van der Waals surface area (Å²) >= 11 is 1.33. The van der Waals surface area contributed by atoms with Crippen molar-refractivity contribution in [1.29, 1.82) is 0 Å². The van der Waals surface area contributed by atoms with E-state index in [4.69, 9.17) is 4.74 Å². The van der Waals surface area contributed by atoms with Crippen LogP contribution in [0.25, 0.3) is 5.70 Å². The van der Waals surface area contributed by atoms with Gasteiger partial charge in [-0.15, -0.1) is 11.8 Å². The maximum Gasteiger partial charge on any atom is 0.461 e. The zero-order chi connectivity index (χ0) is 21.0. The minimum Gasteiger partial charge on any atom is -0.495 e. The summed E-state index contributed by atoms with van der Waals surface area (Å²) < 4.78 is 44.9. The van der Waals surface area contributed by atoms with E-state index in [0.29, 0.717) is 11.7 Å². The van der Waals surface area contributed by atoms with Crippen LogP contribution in [0.15, 0.2) is 41.9 Å². The van der Waals surface area contributed by atoms with Crippen LogP contribution < -0.4 is 14.8 Å². The van der Waals surface area contributed by atoms with Gasteiger partial charge >= 0.3 is 5.51 Å². The van der Waals surface area contributed by atoms with Crippen LogP contribution in [0.4, 0.5) is 18.9 Å². The number of alkyl halides is 3. The standard InChI is InChI=1S/C20H22F3N3OS2/c1-12(2)8-15-9-14(6-7-24-15)19-25-17(11-28-19)13-4-5-16(18(10-13)27-3)26-29-20(21,22)23/h4-7,9-12,19,25-26H,8H2,1-3H3. The smallest absolute Gasteiger partial charge is 0.461 e. The van der Waals surface area contributed by atoms with Crippen molar-refractivity contribution in [2.45, 2.75) is 31.2 Å². The molecule has 2 N–H and O–H groups in total. The number of hydrogen-bond acceptors (Lipinski definition) is 6. The molecule has 0 saturated carbocycles. The van der Waals surface area contributed by atoms with Crippen LogP contribution in [0, 0.1) is 5.92 Å². The van der Waals surface area contributed by atoms with Crippen LogP contribution in [0.5, 0.6) is 5.75 Å². The summed E-state index contributed by atoms with van der Waals surface area (Å²) in [6, 6.07) is 9.18. The highest BCUT2D eigenvalue weighted by atomic mass is 32.2. The van der Waals surface area contributed by atoms with E-state index >= 15 is 0 Å². The SMILES string of the molecule is COc1cc(C2=CSC(c3ccnc(CC(C)C)c3)N2)ccc1NSC(F)(F)F. The largest absolute Gasteiger partial charge is 0.495 e. The Labute approximate surface area is 176 Å². The molecule has 2 aromatic rings. The van der Waals surface area contributed by atoms with Gasteiger partial charge in [0.1, 0.15) is 11.1 Å². The van der Waals surface area contributed by atoms with E-state index in [9.17, 15) is 13.2 Å². The molecule has 2 heterocycles. The van der Waals surface area contributed by atoms with Crippen molar-refractivity contribution < 1.29 is 17.9 Å². The molecule has 0 fully saturated rings. The number of halogens is 3. The monoisotopic (exact) mass is 441 g/mol. The van der Waals surface area contributed by atoms with Gasteiger partial charge in [0.05, 0.1) is 24.7 Å². The van der Waals surface area contributed by atoms with Gasteiger partial charge in [-0.25, -0.2) is 0 Å². The molecule has 3 rings (SSSR count). The van der Waals surface area contributed by atoms with Gasteiger partial charge < -0.3 is 14.8 Å². The molecule has 156 valence electrons. The molecule has 1 aliphatic rings. The molecule has 9 heteroatoms. The number of anilines is 1. The van der Waals surface area contributed by atoms with Crippen LogP contribution in [0.3, 0.4) is 0 Å². The van der Waals surface area contributed by atoms with Crippen molar-refractivity contribution in [3.8, 4) is 5.75 Å². The lowest BCUT2D eigenvalue weighted by Crippen LogP contribution is -2.13. The zero-order valence-electron chi connectivity index (χ0n) is 16.2. The Morgan fingerprint density at radius 1 is 1.28 bits per heavy atom. The predicted molar refractivity (Wildman–Crippen MR) is 114 cm³/mol. The number of pyridine rings is 1. The number of nitrogens with one attached hydrogen (secondary N) is 2. The summed E-state index contributed by atoms with van der Waals surface area (Å²) in [6.45, 7) is 4.32. The highest BCUT2D eigenvalue weighted by Gasteiger charge is 2.29. The van der Waals surface area contributed by atoms with E-state index in [1.54, 1.807) is 30.0 Å². The highest BCUT2D eigenvalue weighted by molar-refractivity contribution is 8.02. The number of aromatic nitrogens is 1. The average molecular weight is 442 g/mol. The molecular formula is C20H22F3N3OS2. The Balaban J connectivity index is 1.71. The molecule has 4 nitrogen and oxygen atoms in total. The first-order valence-electron chi connectivity index (χ1n) is 9.01. The molecule has 1 atom stereocenters. The van der Waals surface area contributed by atoms with Gasteiger partial charge in [-0.2, -0.15) is 13.2 Å². The molecule has 1 unspecified atom stereocenters. The third kappa shape index (κ3) is 5.99. The molecule has 0 saturated heterocycles. The lowest BCUT2D eigenvalue weighted by Gasteiger charge is -2.16. The van der Waals surface area contributed by atoms with Gasteiger partial charge in [-0.1, -0.05) is 19.9 Å². The Morgan fingerprint density at radius 2 is 2.07 bits per heavy atom. The summed E-state index contributed by atoms with van der Waals surface area (Å²) in [5, 5.41) is 5.54. The Morgan fingerprint density at radius 3 is 2.76 bits per heavy atom. The maximum atomic E-state index is 12.4. The molecule has 1 aliphatic heterocycles. The summed E-state index contributed by atoms with van der Waals surface area (Å²) in [6.07, 6.45) is 2.75. The normalized spacial score (nSPS) is 16.5. The fraction of sp³-hybridized carbons (Fsp3) is 0.350. The number of ether oxygens (including phenoxy) is 1. The third-order valence-corrected chi connectivity index (χ3v) is 5.75. The highest BCUT2D eigenvalue weighted by Crippen LogP contribution is 2.40. The van der Waals surface area contributed by atoms with E-state index in [-0.39, 0.29) is 23.0 Å². The number of rotatable bonds is 7. The lowest BCUT2D eigenvalue weighted by atomic mass is 10.1. The van der Waals surface area contributed by atoms with Gasteiger partial charge in [0.2, 0.25) is 0 Å². The quantitative estimate of drug-likeness (QED) is 0.499. The zero-order valence-corrected chi connectivity index (χ0v) is 17.8. The second-order valence-electron chi connectivity index (χ2n) is 6.94. The summed E-state index contributed by atoms with van der Waals surface area (Å²) in [5.74, 6) is 0.879. The average Bonchev–Trinajstić information content (AvgIpc) is 3.15. The van der Waals surface area contributed by atoms with E-state index < -0.39 is 5.51 Å². The molecular weight excluding hydrogens is 419 g/mol. The van der Waals surface area contributed by atoms with Crippen molar-refractivity contribution in [1.82, 2.24) is 10.3 Å². The number of nitrogens with zero attached hydrogens (tertiary/aromatic N) is 1. The molecule has 29 heavy (non-hydrogen) atoms. The van der Waals surface area contributed by atoms with Crippen molar-refractivity contribution >= 4 is 35.1 Å². The first-order valence-corrected chi connectivity index (χ1v) is 10.8. The summed E-state index contributed by atoms with van der Waals surface area (Å²) in [7, 11) is 1.43. The first-order chi connectivity index (χ1) is 13.7. The number of thioether (sulfide) groups is 1. The van der Waals surface area contributed by atoms with E-state index in [2.05, 4.69) is 34.9 Å². The van der Waals surface area contributed by atoms with Gasteiger partial charge in [0, 0.05) is 23.2 Å². The second kappa shape index (κ2) is 9.21. The number of benzene rings is 1. The van der Waals surface area contributed by atoms with Crippen LogP contribution >= 0.6 is 23.7 Å². The molecule has 1 aromatic heterocycles. The van der Waals surface area contributed by atoms with Gasteiger partial charge in [0.15, 0.2) is 0 Å². The topological polar surface area (TPSA) is 46.2 Å². The molecule has 0 aliphatic carbocycles. The fourth-order valence-electron chi connectivity index (χ4n) is 2.90. The van der Waals surface area contributed by atoms with Crippen LogP contribution in [0.2, 0.25) is 0 Å². The summed E-state index contributed by atoms with van der Waals surface area (Å²) in [4.78, 5) is 4.44. The van der Waals surface area contributed by atoms with Crippen molar-refractivity contribution in [2.24, 2.45) is 5.92 Å². The Hall–Kier alpha value is -2.00. The minimum atomic E-state index is -4.37. The molecule has 0 radical (unpaired) electrons. The van der Waals surface area contributed by atoms with E-state index in [0.717, 1.165) is 28.9 Å². The number of methoxy groups -OCH3 is 1. The summed E-state index contributed by atoms with van der Waals surface area (Å²) in [5.41, 5.74) is -0.159. The lowest BCUT2D eigenvalue weighted by molar-refractivity contribution is -0.0323. The van der Waals surface area contributed by atoms with Gasteiger partial charge in [-0.05, 0) is 47.6 Å². The van der Waals surface area contributed by atoms with Gasteiger partial charge in [-0.3, -0.25) is 4.98 Å². The third-order valence-electron chi connectivity index (χ3n) is 4.16. The molecule has 0 spiro atoms. The Bertz CT molecular complexity index is 888. The maximum absolute atomic E-state index is 12.4. The van der Waals surface area contributed by atoms with E-state index in [1.807, 2.05) is 17.7 Å². The van der Waals surface area contributed by atoms with Crippen LogP contribution in [0.1, 0.15) is 36.0 Å².